The Morgan fingerprint density at radius 2 is 2.00 bits per heavy atom. The zero-order valence-corrected chi connectivity index (χ0v) is 16.2. The van der Waals surface area contributed by atoms with Crippen LogP contribution in [0.25, 0.3) is 11.0 Å². The number of nitrogens with one attached hydrogen (secondary N) is 1. The number of hydrogen-bond acceptors (Lipinski definition) is 6. The third-order valence-electron chi connectivity index (χ3n) is 4.80. The van der Waals surface area contributed by atoms with Gasteiger partial charge in [-0.3, -0.25) is 4.79 Å². The van der Waals surface area contributed by atoms with Crippen LogP contribution in [-0.4, -0.2) is 31.1 Å². The Morgan fingerprint density at radius 3 is 2.79 bits per heavy atom. The molecule has 0 radical (unpaired) electrons. The van der Waals surface area contributed by atoms with Gasteiger partial charge in [-0.2, -0.15) is 0 Å². The summed E-state index contributed by atoms with van der Waals surface area (Å²) < 4.78 is 15.7. The third kappa shape index (κ3) is 4.71. The van der Waals surface area contributed by atoms with E-state index in [1.807, 2.05) is 19.9 Å². The van der Waals surface area contributed by atoms with Gasteiger partial charge in [0.25, 0.3) is 5.91 Å². The standard InChI is InChI=1S/C21H25NO6/c1-3-5-13(2)22-19(23)11-27-20(24)12-26-14-8-9-16-15-6-4-7-17(15)21(25)28-18(16)10-14/h8-10,13H,3-7,11-12H2,1-2H3,(H,22,23)/t13-/m0/s1. The van der Waals surface area contributed by atoms with Crippen molar-refractivity contribution in [1.82, 2.24) is 5.32 Å². The Kier molecular flexibility index (Phi) is 6.34. The average molecular weight is 387 g/mol. The molecule has 0 spiro atoms. The van der Waals surface area contributed by atoms with Crippen molar-refractivity contribution >= 4 is 22.8 Å². The first-order valence-corrected chi connectivity index (χ1v) is 9.64. The zero-order chi connectivity index (χ0) is 20.1. The molecule has 1 aromatic heterocycles. The lowest BCUT2D eigenvalue weighted by molar-refractivity contribution is -0.150. The summed E-state index contributed by atoms with van der Waals surface area (Å²) in [6.07, 6.45) is 4.40. The van der Waals surface area contributed by atoms with E-state index in [0.717, 1.165) is 48.6 Å². The van der Waals surface area contributed by atoms with Crippen LogP contribution in [-0.2, 0) is 27.2 Å². The lowest BCUT2D eigenvalue weighted by atomic mass is 10.1. The maximum atomic E-state index is 12.0. The summed E-state index contributed by atoms with van der Waals surface area (Å²) in [5.74, 6) is -0.587. The normalized spacial score (nSPS) is 13.8. The van der Waals surface area contributed by atoms with Crippen LogP contribution >= 0.6 is 0 Å². The molecule has 2 aromatic rings. The maximum absolute atomic E-state index is 12.0. The van der Waals surface area contributed by atoms with Crippen LogP contribution in [0.4, 0.5) is 0 Å². The van der Waals surface area contributed by atoms with Gasteiger partial charge in [0.05, 0.1) is 0 Å². The van der Waals surface area contributed by atoms with E-state index < -0.39 is 5.97 Å². The number of amides is 1. The molecule has 1 amide bonds. The van der Waals surface area contributed by atoms with Crippen molar-refractivity contribution in [3.8, 4) is 5.75 Å². The number of aryl methyl sites for hydroxylation is 1. The lowest BCUT2D eigenvalue weighted by Crippen LogP contribution is -2.36. The first-order chi connectivity index (χ1) is 13.5. The molecular weight excluding hydrogens is 362 g/mol. The van der Waals surface area contributed by atoms with Crippen LogP contribution in [0.2, 0.25) is 0 Å². The molecule has 1 heterocycles. The smallest absolute Gasteiger partial charge is 0.344 e. The summed E-state index contributed by atoms with van der Waals surface area (Å²) in [6, 6.07) is 5.21. The van der Waals surface area contributed by atoms with Crippen LogP contribution in [0, 0.1) is 0 Å². The minimum Gasteiger partial charge on any atom is -0.482 e. The Bertz CT molecular complexity index is 932. The van der Waals surface area contributed by atoms with E-state index in [4.69, 9.17) is 13.9 Å². The topological polar surface area (TPSA) is 94.8 Å². The fraction of sp³-hybridized carbons (Fsp3) is 0.476. The van der Waals surface area contributed by atoms with Crippen molar-refractivity contribution in [3.63, 3.8) is 0 Å². The quantitative estimate of drug-likeness (QED) is 0.552. The number of carbonyl (C=O) groups is 2. The van der Waals surface area contributed by atoms with E-state index in [2.05, 4.69) is 5.32 Å². The molecule has 28 heavy (non-hydrogen) atoms. The number of rotatable bonds is 8. The summed E-state index contributed by atoms with van der Waals surface area (Å²) in [5, 5.41) is 3.66. The second-order valence-electron chi connectivity index (χ2n) is 7.06. The van der Waals surface area contributed by atoms with Gasteiger partial charge in [0.1, 0.15) is 11.3 Å². The second-order valence-corrected chi connectivity index (χ2v) is 7.06. The summed E-state index contributed by atoms with van der Waals surface area (Å²) in [4.78, 5) is 35.6. The van der Waals surface area contributed by atoms with Gasteiger partial charge in [-0.05, 0) is 50.3 Å². The third-order valence-corrected chi connectivity index (χ3v) is 4.80. The van der Waals surface area contributed by atoms with E-state index in [1.54, 1.807) is 12.1 Å². The Balaban J connectivity index is 1.54. The highest BCUT2D eigenvalue weighted by Gasteiger charge is 2.20. The van der Waals surface area contributed by atoms with Crippen LogP contribution < -0.4 is 15.7 Å². The van der Waals surface area contributed by atoms with Crippen molar-refractivity contribution in [2.45, 2.75) is 52.0 Å². The molecule has 3 rings (SSSR count). The number of hydrogen-bond donors (Lipinski definition) is 1. The number of carbonyl (C=O) groups excluding carboxylic acids is 2. The molecule has 1 aliphatic rings. The van der Waals surface area contributed by atoms with Crippen molar-refractivity contribution in [2.24, 2.45) is 0 Å². The molecule has 0 aliphatic heterocycles. The van der Waals surface area contributed by atoms with Gasteiger partial charge in [0, 0.05) is 23.1 Å². The van der Waals surface area contributed by atoms with Crippen molar-refractivity contribution in [1.29, 1.82) is 0 Å². The van der Waals surface area contributed by atoms with E-state index in [9.17, 15) is 14.4 Å². The predicted molar refractivity (Wildman–Crippen MR) is 103 cm³/mol. The van der Waals surface area contributed by atoms with Crippen molar-refractivity contribution in [3.05, 3.63) is 39.7 Å². The van der Waals surface area contributed by atoms with E-state index in [-0.39, 0.29) is 30.8 Å². The first-order valence-electron chi connectivity index (χ1n) is 9.64. The summed E-state index contributed by atoms with van der Waals surface area (Å²) in [6.45, 7) is 3.26. The Labute approximate surface area is 163 Å². The highest BCUT2D eigenvalue weighted by Crippen LogP contribution is 2.29. The zero-order valence-electron chi connectivity index (χ0n) is 16.2. The molecule has 1 atom stereocenters. The molecule has 0 saturated heterocycles. The Morgan fingerprint density at radius 1 is 1.21 bits per heavy atom. The highest BCUT2D eigenvalue weighted by atomic mass is 16.6. The first kappa shape index (κ1) is 19.9. The molecule has 0 saturated carbocycles. The van der Waals surface area contributed by atoms with Crippen LogP contribution in [0.3, 0.4) is 0 Å². The summed E-state index contributed by atoms with van der Waals surface area (Å²) in [5.41, 5.74) is 1.94. The van der Waals surface area contributed by atoms with Gasteiger partial charge in [-0.25, -0.2) is 9.59 Å². The lowest BCUT2D eigenvalue weighted by Gasteiger charge is -2.13. The minimum atomic E-state index is -0.645. The van der Waals surface area contributed by atoms with Gasteiger partial charge < -0.3 is 19.2 Å². The van der Waals surface area contributed by atoms with Gasteiger partial charge in [0.2, 0.25) is 0 Å². The minimum absolute atomic E-state index is 0.0427. The Hall–Kier alpha value is -2.83. The number of ether oxygens (including phenoxy) is 2. The van der Waals surface area contributed by atoms with Crippen LogP contribution in [0.5, 0.6) is 5.75 Å². The molecule has 1 N–H and O–H groups in total. The maximum Gasteiger partial charge on any atom is 0.344 e. The van der Waals surface area contributed by atoms with Gasteiger partial charge >= 0.3 is 11.6 Å². The molecule has 0 unspecified atom stereocenters. The van der Waals surface area contributed by atoms with Crippen molar-refractivity contribution < 1.29 is 23.5 Å². The summed E-state index contributed by atoms with van der Waals surface area (Å²) in [7, 11) is 0. The van der Waals surface area contributed by atoms with E-state index >= 15 is 0 Å². The molecular formula is C21H25NO6. The molecule has 7 heteroatoms. The molecule has 7 nitrogen and oxygen atoms in total. The van der Waals surface area contributed by atoms with Crippen LogP contribution in [0.1, 0.15) is 44.2 Å². The molecule has 0 fully saturated rings. The molecule has 150 valence electrons. The predicted octanol–water partition coefficient (Wildman–Crippen LogP) is 2.51. The number of benzene rings is 1. The molecule has 0 bridgehead atoms. The molecule has 1 aromatic carbocycles. The fourth-order valence-corrected chi connectivity index (χ4v) is 3.51. The van der Waals surface area contributed by atoms with Gasteiger partial charge in [-0.15, -0.1) is 0 Å². The van der Waals surface area contributed by atoms with Gasteiger partial charge in [0.15, 0.2) is 13.2 Å². The van der Waals surface area contributed by atoms with Crippen molar-refractivity contribution in [2.75, 3.05) is 13.2 Å². The largest absolute Gasteiger partial charge is 0.482 e. The van der Waals surface area contributed by atoms with Gasteiger partial charge in [-0.1, -0.05) is 13.3 Å². The van der Waals surface area contributed by atoms with E-state index in [0.29, 0.717) is 11.3 Å². The SMILES string of the molecule is CCC[C@H](C)NC(=O)COC(=O)COc1ccc2c3c(c(=O)oc2c1)CCC3. The number of fused-ring (bicyclic) bond motifs is 3. The monoisotopic (exact) mass is 387 g/mol. The molecule has 1 aliphatic carbocycles. The van der Waals surface area contributed by atoms with E-state index in [1.165, 1.54) is 0 Å². The second kappa shape index (κ2) is 8.91. The summed E-state index contributed by atoms with van der Waals surface area (Å²) >= 11 is 0. The number of esters is 1. The highest BCUT2D eigenvalue weighted by molar-refractivity contribution is 5.83. The average Bonchev–Trinajstić information content (AvgIpc) is 3.15. The fourth-order valence-electron chi connectivity index (χ4n) is 3.51. The van der Waals surface area contributed by atoms with Crippen LogP contribution in [0.15, 0.2) is 27.4 Å².